The van der Waals surface area contributed by atoms with Crippen LogP contribution in [0.5, 0.6) is 0 Å². The first-order valence-electron chi connectivity index (χ1n) is 16.0. The number of aromatic nitrogens is 1. The zero-order valence-electron chi connectivity index (χ0n) is 25.4. The van der Waals surface area contributed by atoms with Gasteiger partial charge in [-0.1, -0.05) is 121 Å². The molecule has 0 amide bonds. The SMILES string of the molecule is c1ccc(-n2c3cc(-c4ccc(Nc5cccc6c5oc5c7ccccc7ccc65)cc4)ccc3c3ccc4ccccc4c32)cc1. The van der Waals surface area contributed by atoms with Crippen LogP contribution < -0.4 is 5.32 Å². The Balaban J connectivity index is 1.06. The summed E-state index contributed by atoms with van der Waals surface area (Å²) in [6.07, 6.45) is 0. The van der Waals surface area contributed by atoms with E-state index < -0.39 is 0 Å². The molecule has 0 saturated heterocycles. The third-order valence-electron chi connectivity index (χ3n) is 9.55. The second-order valence-corrected chi connectivity index (χ2v) is 12.2. The molecule has 1 N–H and O–H groups in total. The van der Waals surface area contributed by atoms with Gasteiger partial charge < -0.3 is 14.3 Å². The van der Waals surface area contributed by atoms with Crippen molar-refractivity contribution in [3.63, 3.8) is 0 Å². The first kappa shape index (κ1) is 26.0. The number of nitrogens with one attached hydrogen (secondary N) is 1. The monoisotopic (exact) mass is 600 g/mol. The molecule has 0 spiro atoms. The lowest BCUT2D eigenvalue weighted by Crippen LogP contribution is -1.94. The molecule has 0 radical (unpaired) electrons. The highest BCUT2D eigenvalue weighted by Crippen LogP contribution is 2.40. The predicted molar refractivity (Wildman–Crippen MR) is 198 cm³/mol. The molecule has 0 aliphatic rings. The van der Waals surface area contributed by atoms with Gasteiger partial charge in [0, 0.05) is 43.7 Å². The first-order chi connectivity index (χ1) is 23.3. The van der Waals surface area contributed by atoms with Gasteiger partial charge in [-0.15, -0.1) is 0 Å². The van der Waals surface area contributed by atoms with Crippen molar-refractivity contribution in [2.24, 2.45) is 0 Å². The molecular weight excluding hydrogens is 572 g/mol. The second kappa shape index (κ2) is 10.1. The standard InChI is InChI=1S/C44H28N2O/c1-2-11-33(12-3-1)46-41-27-31(21-24-36(41)37-25-19-29-9-4-6-13-34(29)42(37)46)28-17-22-32(23-18-28)45-40-16-8-15-38-39-26-20-30-10-5-7-14-35(30)43(39)47-44(38)40/h1-27,45H. The molecule has 0 fully saturated rings. The average Bonchev–Trinajstić information content (AvgIpc) is 3.69. The summed E-state index contributed by atoms with van der Waals surface area (Å²) in [6, 6.07) is 58.4. The number of nitrogens with zero attached hydrogens (tertiary/aromatic N) is 1. The first-order valence-corrected chi connectivity index (χ1v) is 16.0. The van der Waals surface area contributed by atoms with Crippen LogP contribution in [0.1, 0.15) is 0 Å². The maximum absolute atomic E-state index is 6.54. The van der Waals surface area contributed by atoms with Crippen molar-refractivity contribution in [1.29, 1.82) is 0 Å². The Bertz CT molecular complexity index is 2810. The van der Waals surface area contributed by atoms with E-state index in [0.717, 1.165) is 44.4 Å². The highest BCUT2D eigenvalue weighted by Gasteiger charge is 2.17. The fourth-order valence-electron chi connectivity index (χ4n) is 7.33. The van der Waals surface area contributed by atoms with Crippen molar-refractivity contribution in [3.8, 4) is 16.8 Å². The topological polar surface area (TPSA) is 30.1 Å². The molecule has 0 saturated carbocycles. The smallest absolute Gasteiger partial charge is 0.158 e. The Morgan fingerprint density at radius 2 is 1.06 bits per heavy atom. The Morgan fingerprint density at radius 1 is 0.426 bits per heavy atom. The molecule has 220 valence electrons. The van der Waals surface area contributed by atoms with Gasteiger partial charge in [0.15, 0.2) is 5.58 Å². The summed E-state index contributed by atoms with van der Waals surface area (Å²) in [5.41, 5.74) is 9.72. The van der Waals surface area contributed by atoms with Gasteiger partial charge in [-0.05, 0) is 64.4 Å². The summed E-state index contributed by atoms with van der Waals surface area (Å²) in [5, 5.41) is 13.2. The van der Waals surface area contributed by atoms with Crippen molar-refractivity contribution in [1.82, 2.24) is 4.57 Å². The molecule has 0 aliphatic heterocycles. The Labute approximate surface area is 270 Å². The Hall–Kier alpha value is -6.32. The lowest BCUT2D eigenvalue weighted by atomic mass is 10.0. The summed E-state index contributed by atoms with van der Waals surface area (Å²) >= 11 is 0. The van der Waals surface area contributed by atoms with Crippen LogP contribution in [-0.2, 0) is 0 Å². The number of benzene rings is 8. The third-order valence-corrected chi connectivity index (χ3v) is 9.55. The minimum absolute atomic E-state index is 0.870. The number of fused-ring (bicyclic) bond motifs is 10. The van der Waals surface area contributed by atoms with Crippen LogP contribution in [0.4, 0.5) is 11.4 Å². The van der Waals surface area contributed by atoms with Gasteiger partial charge in [-0.3, -0.25) is 0 Å². The van der Waals surface area contributed by atoms with E-state index in [1.165, 1.54) is 49.1 Å². The zero-order chi connectivity index (χ0) is 30.9. The van der Waals surface area contributed by atoms with Crippen LogP contribution in [0.3, 0.4) is 0 Å². The number of anilines is 2. The molecule has 0 aliphatic carbocycles. The number of rotatable bonds is 4. The molecule has 10 rings (SSSR count). The second-order valence-electron chi connectivity index (χ2n) is 12.2. The molecule has 10 aromatic rings. The summed E-state index contributed by atoms with van der Waals surface area (Å²) in [6.45, 7) is 0. The molecule has 0 unspecified atom stereocenters. The van der Waals surface area contributed by atoms with Crippen molar-refractivity contribution in [2.75, 3.05) is 5.32 Å². The Kier molecular flexibility index (Phi) is 5.57. The van der Waals surface area contributed by atoms with Gasteiger partial charge in [-0.25, -0.2) is 0 Å². The summed E-state index contributed by atoms with van der Waals surface area (Å²) in [4.78, 5) is 0. The normalized spacial score (nSPS) is 11.8. The van der Waals surface area contributed by atoms with Gasteiger partial charge in [0.2, 0.25) is 0 Å². The van der Waals surface area contributed by atoms with Gasteiger partial charge in [0.05, 0.1) is 16.7 Å². The number of hydrogen-bond donors (Lipinski definition) is 1. The minimum atomic E-state index is 0.870. The van der Waals surface area contributed by atoms with Crippen molar-refractivity contribution in [3.05, 3.63) is 164 Å². The van der Waals surface area contributed by atoms with Crippen molar-refractivity contribution in [2.45, 2.75) is 0 Å². The fourth-order valence-corrected chi connectivity index (χ4v) is 7.33. The van der Waals surface area contributed by atoms with Crippen LogP contribution in [0.2, 0.25) is 0 Å². The van der Waals surface area contributed by atoms with E-state index in [9.17, 15) is 0 Å². The molecule has 2 heterocycles. The van der Waals surface area contributed by atoms with Crippen LogP contribution in [0, 0.1) is 0 Å². The zero-order valence-corrected chi connectivity index (χ0v) is 25.4. The number of furan rings is 1. The van der Waals surface area contributed by atoms with Crippen LogP contribution >= 0.6 is 0 Å². The molecular formula is C44H28N2O. The van der Waals surface area contributed by atoms with Gasteiger partial charge in [-0.2, -0.15) is 0 Å². The van der Waals surface area contributed by atoms with E-state index in [1.807, 2.05) is 0 Å². The van der Waals surface area contributed by atoms with E-state index in [0.29, 0.717) is 0 Å². The lowest BCUT2D eigenvalue weighted by Gasteiger charge is -2.11. The molecule has 47 heavy (non-hydrogen) atoms. The quantitative estimate of drug-likeness (QED) is 0.218. The number of para-hydroxylation sites is 2. The molecule has 0 atom stereocenters. The molecule has 3 heteroatoms. The third kappa shape index (κ3) is 4.00. The highest BCUT2D eigenvalue weighted by atomic mass is 16.3. The predicted octanol–water partition coefficient (Wildman–Crippen LogP) is 12.4. The van der Waals surface area contributed by atoms with Crippen molar-refractivity contribution < 1.29 is 4.42 Å². The van der Waals surface area contributed by atoms with E-state index >= 15 is 0 Å². The summed E-state index contributed by atoms with van der Waals surface area (Å²) in [7, 11) is 0. The molecule has 0 bridgehead atoms. The van der Waals surface area contributed by atoms with E-state index in [1.54, 1.807) is 0 Å². The van der Waals surface area contributed by atoms with Crippen molar-refractivity contribution >= 4 is 76.7 Å². The largest absolute Gasteiger partial charge is 0.453 e. The molecule has 2 aromatic heterocycles. The number of hydrogen-bond acceptors (Lipinski definition) is 2. The van der Waals surface area contributed by atoms with Gasteiger partial charge >= 0.3 is 0 Å². The molecule has 8 aromatic carbocycles. The summed E-state index contributed by atoms with van der Waals surface area (Å²) in [5.74, 6) is 0. The highest BCUT2D eigenvalue weighted by molar-refractivity contribution is 6.19. The van der Waals surface area contributed by atoms with E-state index in [4.69, 9.17) is 4.42 Å². The maximum Gasteiger partial charge on any atom is 0.158 e. The van der Waals surface area contributed by atoms with Crippen LogP contribution in [0.25, 0.3) is 82.1 Å². The maximum atomic E-state index is 6.54. The molecule has 3 nitrogen and oxygen atoms in total. The Morgan fingerprint density at radius 3 is 1.89 bits per heavy atom. The van der Waals surface area contributed by atoms with E-state index in [2.05, 4.69) is 174 Å². The average molecular weight is 601 g/mol. The van der Waals surface area contributed by atoms with Gasteiger partial charge in [0.1, 0.15) is 5.58 Å². The van der Waals surface area contributed by atoms with E-state index in [-0.39, 0.29) is 0 Å². The van der Waals surface area contributed by atoms with Crippen LogP contribution in [0.15, 0.2) is 168 Å². The van der Waals surface area contributed by atoms with Gasteiger partial charge in [0.25, 0.3) is 0 Å². The fraction of sp³-hybridized carbons (Fsp3) is 0. The van der Waals surface area contributed by atoms with Crippen LogP contribution in [-0.4, -0.2) is 4.57 Å². The lowest BCUT2D eigenvalue weighted by molar-refractivity contribution is 0.674. The summed E-state index contributed by atoms with van der Waals surface area (Å²) < 4.78 is 8.96. The minimum Gasteiger partial charge on any atom is -0.453 e.